The molecule has 170 valence electrons. The van der Waals surface area contributed by atoms with E-state index >= 15 is 0 Å². The quantitative estimate of drug-likeness (QED) is 0.552. The number of rotatable bonds is 5. The number of aromatic nitrogens is 4. The van der Waals surface area contributed by atoms with Crippen molar-refractivity contribution in [3.8, 4) is 17.1 Å². The van der Waals surface area contributed by atoms with Crippen molar-refractivity contribution in [2.75, 3.05) is 25.5 Å². The van der Waals surface area contributed by atoms with E-state index in [1.165, 1.54) is 17.8 Å². The third kappa shape index (κ3) is 3.65. The standard InChI is InChI=1S/C21H23F3N6O2/c1-32-17-7-18-26-9-16(30(18)29-19(17)10-4-11(31)5-10)20-13(23)6-14(24)21(28-20)27-15-8-25-3-2-12(15)22/h6-7,9-12,15,25,31H,2-5,8H2,1H3,(H,27,28)/t10?,11?,12-,15-/m0/s1. The summed E-state index contributed by atoms with van der Waals surface area (Å²) in [6.45, 7) is 0.851. The predicted molar refractivity (Wildman–Crippen MR) is 110 cm³/mol. The lowest BCUT2D eigenvalue weighted by atomic mass is 9.80. The topological polar surface area (TPSA) is 96.6 Å². The average molecular weight is 448 g/mol. The molecule has 0 radical (unpaired) electrons. The molecule has 32 heavy (non-hydrogen) atoms. The second-order valence-corrected chi connectivity index (χ2v) is 8.24. The molecule has 1 aliphatic heterocycles. The van der Waals surface area contributed by atoms with Gasteiger partial charge in [-0.2, -0.15) is 5.10 Å². The molecule has 1 saturated carbocycles. The lowest BCUT2D eigenvalue weighted by molar-refractivity contribution is 0.0718. The van der Waals surface area contributed by atoms with Crippen LogP contribution in [0.1, 0.15) is 30.9 Å². The number of aliphatic hydroxyl groups excluding tert-OH is 1. The van der Waals surface area contributed by atoms with Crippen LogP contribution in [0.2, 0.25) is 0 Å². The summed E-state index contributed by atoms with van der Waals surface area (Å²) in [6.07, 6.45) is 1.24. The molecule has 4 heterocycles. The molecule has 0 unspecified atom stereocenters. The van der Waals surface area contributed by atoms with Crippen LogP contribution in [0.5, 0.6) is 5.75 Å². The first kappa shape index (κ1) is 21.0. The zero-order valence-electron chi connectivity index (χ0n) is 17.4. The third-order valence-electron chi connectivity index (χ3n) is 6.10. The van der Waals surface area contributed by atoms with Gasteiger partial charge in [-0.15, -0.1) is 0 Å². The minimum absolute atomic E-state index is 0.00291. The van der Waals surface area contributed by atoms with Crippen LogP contribution in [0, 0.1) is 11.6 Å². The maximum absolute atomic E-state index is 14.8. The average Bonchev–Trinajstić information content (AvgIpc) is 3.16. The normalized spacial score (nSPS) is 25.5. The van der Waals surface area contributed by atoms with Crippen LogP contribution >= 0.6 is 0 Å². The van der Waals surface area contributed by atoms with Gasteiger partial charge in [-0.1, -0.05) is 0 Å². The van der Waals surface area contributed by atoms with Gasteiger partial charge in [-0.25, -0.2) is 27.7 Å². The number of aliphatic hydroxyl groups is 1. The highest BCUT2D eigenvalue weighted by Crippen LogP contribution is 2.40. The van der Waals surface area contributed by atoms with E-state index in [1.807, 2.05) is 0 Å². The minimum Gasteiger partial charge on any atom is -0.495 e. The molecule has 3 aromatic heterocycles. The third-order valence-corrected chi connectivity index (χ3v) is 6.10. The summed E-state index contributed by atoms with van der Waals surface area (Å²) >= 11 is 0. The lowest BCUT2D eigenvalue weighted by Crippen LogP contribution is -2.46. The number of anilines is 1. The van der Waals surface area contributed by atoms with Crippen molar-refractivity contribution in [2.45, 2.75) is 43.5 Å². The van der Waals surface area contributed by atoms with Gasteiger partial charge in [0.15, 0.2) is 23.1 Å². The highest BCUT2D eigenvalue weighted by molar-refractivity contribution is 5.63. The predicted octanol–water partition coefficient (Wildman–Crippen LogP) is 2.43. The maximum Gasteiger partial charge on any atom is 0.168 e. The first-order valence-electron chi connectivity index (χ1n) is 10.5. The number of hydrogen-bond donors (Lipinski definition) is 3. The van der Waals surface area contributed by atoms with Crippen molar-refractivity contribution in [3.05, 3.63) is 35.7 Å². The molecule has 2 atom stereocenters. The SMILES string of the molecule is COc1cc2ncc(-c3nc(N[C@H]4CNCC[C@@H]4F)c(F)cc3F)n2nc1C1CC(O)C1. The van der Waals surface area contributed by atoms with E-state index in [0.717, 1.165) is 6.07 Å². The van der Waals surface area contributed by atoms with Gasteiger partial charge in [0.05, 0.1) is 25.5 Å². The zero-order chi connectivity index (χ0) is 22.4. The fraction of sp³-hybridized carbons (Fsp3) is 0.476. The highest BCUT2D eigenvalue weighted by Gasteiger charge is 2.33. The first-order chi connectivity index (χ1) is 15.4. The van der Waals surface area contributed by atoms with Gasteiger partial charge in [0, 0.05) is 24.6 Å². The Morgan fingerprint density at radius 2 is 2.06 bits per heavy atom. The number of halogens is 3. The van der Waals surface area contributed by atoms with Gasteiger partial charge in [-0.05, 0) is 25.8 Å². The summed E-state index contributed by atoms with van der Waals surface area (Å²) in [5.74, 6) is -1.49. The molecule has 11 heteroatoms. The van der Waals surface area contributed by atoms with Crippen LogP contribution in [-0.2, 0) is 0 Å². The fourth-order valence-corrected chi connectivity index (χ4v) is 4.22. The van der Waals surface area contributed by atoms with Gasteiger partial charge >= 0.3 is 0 Å². The summed E-state index contributed by atoms with van der Waals surface area (Å²) in [5, 5.41) is 20.1. The number of methoxy groups -OCH3 is 1. The molecule has 5 rings (SSSR count). The van der Waals surface area contributed by atoms with Crippen LogP contribution in [0.25, 0.3) is 17.0 Å². The van der Waals surface area contributed by atoms with Crippen LogP contribution in [-0.4, -0.2) is 63.2 Å². The highest BCUT2D eigenvalue weighted by atomic mass is 19.1. The van der Waals surface area contributed by atoms with Crippen LogP contribution in [0.3, 0.4) is 0 Å². The zero-order valence-corrected chi connectivity index (χ0v) is 17.4. The Morgan fingerprint density at radius 3 is 2.78 bits per heavy atom. The number of nitrogens with zero attached hydrogens (tertiary/aromatic N) is 4. The van der Waals surface area contributed by atoms with Gasteiger partial charge in [0.25, 0.3) is 0 Å². The van der Waals surface area contributed by atoms with Gasteiger partial charge in [0.1, 0.15) is 29.0 Å². The lowest BCUT2D eigenvalue weighted by Gasteiger charge is -2.31. The second kappa shape index (κ2) is 8.21. The van der Waals surface area contributed by atoms with Crippen molar-refractivity contribution in [1.29, 1.82) is 0 Å². The molecule has 8 nitrogen and oxygen atoms in total. The molecule has 3 aromatic rings. The Labute approximate surface area is 181 Å². The molecule has 0 spiro atoms. The summed E-state index contributed by atoms with van der Waals surface area (Å²) in [7, 11) is 1.52. The van der Waals surface area contributed by atoms with Gasteiger partial charge < -0.3 is 20.5 Å². The van der Waals surface area contributed by atoms with Gasteiger partial charge in [-0.3, -0.25) is 0 Å². The molecule has 0 amide bonds. The Morgan fingerprint density at radius 1 is 1.25 bits per heavy atom. The Kier molecular flexibility index (Phi) is 5.38. The number of piperidine rings is 1. The van der Waals surface area contributed by atoms with Crippen molar-refractivity contribution < 1.29 is 23.0 Å². The van der Waals surface area contributed by atoms with E-state index in [-0.39, 0.29) is 29.2 Å². The largest absolute Gasteiger partial charge is 0.495 e. The monoisotopic (exact) mass is 448 g/mol. The van der Waals surface area contributed by atoms with E-state index in [4.69, 9.17) is 4.74 Å². The molecular weight excluding hydrogens is 425 g/mol. The molecule has 3 N–H and O–H groups in total. The Hall–Kier alpha value is -2.92. The molecule has 0 bridgehead atoms. The van der Waals surface area contributed by atoms with E-state index in [0.29, 0.717) is 49.4 Å². The van der Waals surface area contributed by atoms with Crippen molar-refractivity contribution >= 4 is 11.5 Å². The van der Waals surface area contributed by atoms with E-state index in [1.54, 1.807) is 6.07 Å². The molecule has 2 fully saturated rings. The number of fused-ring (bicyclic) bond motifs is 1. The van der Waals surface area contributed by atoms with E-state index in [2.05, 4.69) is 25.7 Å². The van der Waals surface area contributed by atoms with Crippen molar-refractivity contribution in [1.82, 2.24) is 24.9 Å². The number of imidazole rings is 1. The van der Waals surface area contributed by atoms with Crippen LogP contribution < -0.4 is 15.4 Å². The van der Waals surface area contributed by atoms with Crippen LogP contribution in [0.15, 0.2) is 18.3 Å². The molecule has 0 aromatic carbocycles. The summed E-state index contributed by atoms with van der Waals surface area (Å²) in [4.78, 5) is 8.39. The van der Waals surface area contributed by atoms with Crippen molar-refractivity contribution in [2.24, 2.45) is 0 Å². The maximum atomic E-state index is 14.8. The summed E-state index contributed by atoms with van der Waals surface area (Å²) < 4.78 is 50.3. The Bertz CT molecular complexity index is 1150. The smallest absolute Gasteiger partial charge is 0.168 e. The first-order valence-corrected chi connectivity index (χ1v) is 10.5. The second-order valence-electron chi connectivity index (χ2n) is 8.24. The number of ether oxygens (including phenoxy) is 1. The Balaban J connectivity index is 1.55. The number of alkyl halides is 1. The number of nitrogens with one attached hydrogen (secondary N) is 2. The molecular formula is C21H23F3N6O2. The van der Waals surface area contributed by atoms with Crippen molar-refractivity contribution in [3.63, 3.8) is 0 Å². The minimum atomic E-state index is -1.17. The van der Waals surface area contributed by atoms with E-state index in [9.17, 15) is 18.3 Å². The van der Waals surface area contributed by atoms with Gasteiger partial charge in [0.2, 0.25) is 0 Å². The number of hydrogen-bond acceptors (Lipinski definition) is 7. The number of pyridine rings is 1. The molecule has 1 aliphatic carbocycles. The summed E-state index contributed by atoms with van der Waals surface area (Å²) in [6, 6.07) is 1.73. The van der Waals surface area contributed by atoms with E-state index < -0.39 is 23.8 Å². The molecule has 2 aliphatic rings. The summed E-state index contributed by atoms with van der Waals surface area (Å²) in [5.41, 5.74) is 1.10. The fourth-order valence-electron chi connectivity index (χ4n) is 4.22. The van der Waals surface area contributed by atoms with Crippen LogP contribution in [0.4, 0.5) is 19.0 Å². The molecule has 1 saturated heterocycles.